The van der Waals surface area contributed by atoms with E-state index in [1.165, 1.54) is 0 Å². The number of ether oxygens (including phenoxy) is 1. The molecule has 0 fully saturated rings. The van der Waals surface area contributed by atoms with Crippen molar-refractivity contribution in [3.63, 3.8) is 0 Å². The summed E-state index contributed by atoms with van der Waals surface area (Å²) < 4.78 is 5.58. The first-order valence-electron chi connectivity index (χ1n) is 9.98. The normalized spacial score (nSPS) is 11.5. The summed E-state index contributed by atoms with van der Waals surface area (Å²) in [6, 6.07) is 10.0. The van der Waals surface area contributed by atoms with Gasteiger partial charge in [0, 0.05) is 39.4 Å². The summed E-state index contributed by atoms with van der Waals surface area (Å²) in [4.78, 5) is 18.8. The van der Waals surface area contributed by atoms with E-state index >= 15 is 0 Å². The van der Waals surface area contributed by atoms with Gasteiger partial charge in [-0.2, -0.15) is 0 Å². The molecule has 1 amide bonds. The van der Waals surface area contributed by atoms with Crippen LogP contribution in [0.2, 0.25) is 0 Å². The van der Waals surface area contributed by atoms with E-state index in [-0.39, 0.29) is 12.5 Å². The highest BCUT2D eigenvalue weighted by Crippen LogP contribution is 2.04. The molecule has 0 aromatic heterocycles. The molecule has 6 heteroatoms. The number of nitrogens with one attached hydrogen (secondary N) is 2. The number of rotatable bonds is 12. The number of guanidine groups is 1. The minimum atomic E-state index is 0.0267. The zero-order valence-electron chi connectivity index (χ0n) is 17.3. The second-order valence-corrected chi connectivity index (χ2v) is 6.84. The van der Waals surface area contributed by atoms with Crippen LogP contribution in [0.4, 0.5) is 0 Å². The monoisotopic (exact) mass is 376 g/mol. The molecule has 1 aromatic carbocycles. The molecule has 0 aliphatic heterocycles. The van der Waals surface area contributed by atoms with Crippen molar-refractivity contribution >= 4 is 11.9 Å². The second-order valence-electron chi connectivity index (χ2n) is 6.84. The summed E-state index contributed by atoms with van der Waals surface area (Å²) in [7, 11) is 0. The van der Waals surface area contributed by atoms with Crippen molar-refractivity contribution in [1.29, 1.82) is 0 Å². The Labute approximate surface area is 164 Å². The van der Waals surface area contributed by atoms with Crippen LogP contribution in [0.5, 0.6) is 0 Å². The Morgan fingerprint density at radius 1 is 1.19 bits per heavy atom. The summed E-state index contributed by atoms with van der Waals surface area (Å²) >= 11 is 0. The van der Waals surface area contributed by atoms with E-state index in [1.807, 2.05) is 49.1 Å². The van der Waals surface area contributed by atoms with Gasteiger partial charge < -0.3 is 20.3 Å². The summed E-state index contributed by atoms with van der Waals surface area (Å²) in [5.41, 5.74) is 1.13. The molecule has 1 aromatic rings. The lowest BCUT2D eigenvalue weighted by Gasteiger charge is -2.20. The number of benzene rings is 1. The van der Waals surface area contributed by atoms with Gasteiger partial charge >= 0.3 is 0 Å². The zero-order chi connectivity index (χ0) is 19.9. The fraction of sp³-hybridized carbons (Fsp3) is 0.619. The third-order valence-electron chi connectivity index (χ3n) is 3.88. The van der Waals surface area contributed by atoms with Crippen molar-refractivity contribution in [2.24, 2.45) is 10.9 Å². The third kappa shape index (κ3) is 10.6. The molecule has 0 aliphatic rings. The Morgan fingerprint density at radius 2 is 1.93 bits per heavy atom. The lowest BCUT2D eigenvalue weighted by Crippen LogP contribution is -2.39. The van der Waals surface area contributed by atoms with Gasteiger partial charge in [-0.3, -0.25) is 4.79 Å². The SMILES string of the molecule is CCNC(=NCC(=O)N(CC)Cc1ccccc1)NCCCOCC(C)C. The number of hydrogen-bond acceptors (Lipinski definition) is 3. The molecule has 0 atom stereocenters. The first-order chi connectivity index (χ1) is 13.1. The fourth-order valence-electron chi connectivity index (χ4n) is 2.47. The van der Waals surface area contributed by atoms with Crippen molar-refractivity contribution in [3.8, 4) is 0 Å². The van der Waals surface area contributed by atoms with Crippen LogP contribution < -0.4 is 10.6 Å². The Morgan fingerprint density at radius 3 is 2.56 bits per heavy atom. The topological polar surface area (TPSA) is 66.0 Å². The maximum atomic E-state index is 12.5. The van der Waals surface area contributed by atoms with Gasteiger partial charge in [0.2, 0.25) is 5.91 Å². The molecule has 0 saturated heterocycles. The fourth-order valence-corrected chi connectivity index (χ4v) is 2.47. The minimum Gasteiger partial charge on any atom is -0.381 e. The van der Waals surface area contributed by atoms with Gasteiger partial charge in [-0.25, -0.2) is 4.99 Å². The van der Waals surface area contributed by atoms with E-state index in [0.29, 0.717) is 25.0 Å². The molecule has 27 heavy (non-hydrogen) atoms. The zero-order valence-corrected chi connectivity index (χ0v) is 17.3. The molecule has 2 N–H and O–H groups in total. The van der Waals surface area contributed by atoms with Gasteiger partial charge in [-0.15, -0.1) is 0 Å². The summed E-state index contributed by atoms with van der Waals surface area (Å²) in [5, 5.41) is 6.44. The van der Waals surface area contributed by atoms with E-state index in [2.05, 4.69) is 29.5 Å². The summed E-state index contributed by atoms with van der Waals surface area (Å²) in [5.74, 6) is 1.25. The number of aliphatic imine (C=N–C) groups is 1. The van der Waals surface area contributed by atoms with E-state index in [0.717, 1.165) is 38.3 Å². The predicted octanol–water partition coefficient (Wildman–Crippen LogP) is 2.65. The lowest BCUT2D eigenvalue weighted by molar-refractivity contribution is -0.130. The van der Waals surface area contributed by atoms with Crippen molar-refractivity contribution in [1.82, 2.24) is 15.5 Å². The molecule has 0 saturated carbocycles. The smallest absolute Gasteiger partial charge is 0.244 e. The Kier molecular flexibility index (Phi) is 11.9. The van der Waals surface area contributed by atoms with Crippen LogP contribution in [0.1, 0.15) is 39.7 Å². The van der Waals surface area contributed by atoms with Gasteiger partial charge in [-0.1, -0.05) is 44.2 Å². The number of nitrogens with zero attached hydrogens (tertiary/aromatic N) is 2. The average Bonchev–Trinajstić information content (AvgIpc) is 2.67. The molecular formula is C21H36N4O2. The standard InChI is InChI=1S/C21H36N4O2/c1-5-22-21(23-13-10-14-27-17-18(3)4)24-15-20(26)25(6-2)16-19-11-8-7-9-12-19/h7-9,11-12,18H,5-6,10,13-17H2,1-4H3,(H2,22,23,24). The Hall–Kier alpha value is -2.08. The Bertz CT molecular complexity index is 546. The van der Waals surface area contributed by atoms with Gasteiger partial charge in [0.25, 0.3) is 0 Å². The number of hydrogen-bond donors (Lipinski definition) is 2. The van der Waals surface area contributed by atoms with Gasteiger partial charge in [0.05, 0.1) is 0 Å². The van der Waals surface area contributed by atoms with Crippen LogP contribution in [0.3, 0.4) is 0 Å². The summed E-state index contributed by atoms with van der Waals surface area (Å²) in [6.07, 6.45) is 0.903. The number of carbonyl (C=O) groups is 1. The molecule has 0 radical (unpaired) electrons. The van der Waals surface area contributed by atoms with Crippen LogP contribution in [0.15, 0.2) is 35.3 Å². The van der Waals surface area contributed by atoms with Gasteiger partial charge in [0.1, 0.15) is 6.54 Å². The first kappa shape index (κ1) is 23.0. The van der Waals surface area contributed by atoms with Crippen molar-refractivity contribution < 1.29 is 9.53 Å². The maximum absolute atomic E-state index is 12.5. The minimum absolute atomic E-state index is 0.0267. The number of amides is 1. The number of likely N-dealkylation sites (N-methyl/N-ethyl adjacent to an activating group) is 1. The van der Waals surface area contributed by atoms with Gasteiger partial charge in [-0.05, 0) is 31.7 Å². The number of carbonyl (C=O) groups excluding carboxylic acids is 1. The van der Waals surface area contributed by atoms with Crippen LogP contribution in [-0.2, 0) is 16.1 Å². The van der Waals surface area contributed by atoms with Gasteiger partial charge in [0.15, 0.2) is 5.96 Å². The van der Waals surface area contributed by atoms with Crippen LogP contribution in [-0.4, -0.2) is 56.2 Å². The van der Waals surface area contributed by atoms with Crippen LogP contribution in [0, 0.1) is 5.92 Å². The Balaban J connectivity index is 2.43. The van der Waals surface area contributed by atoms with Crippen LogP contribution in [0.25, 0.3) is 0 Å². The largest absolute Gasteiger partial charge is 0.381 e. The molecule has 1 rings (SSSR count). The lowest BCUT2D eigenvalue weighted by atomic mass is 10.2. The molecular weight excluding hydrogens is 340 g/mol. The molecule has 6 nitrogen and oxygen atoms in total. The van der Waals surface area contributed by atoms with Crippen molar-refractivity contribution in [3.05, 3.63) is 35.9 Å². The second kappa shape index (κ2) is 14.0. The molecule has 0 heterocycles. The van der Waals surface area contributed by atoms with Crippen molar-refractivity contribution in [2.75, 3.05) is 39.4 Å². The van der Waals surface area contributed by atoms with E-state index in [4.69, 9.17) is 4.74 Å². The molecule has 0 aliphatic carbocycles. The molecule has 0 unspecified atom stereocenters. The van der Waals surface area contributed by atoms with E-state index in [9.17, 15) is 4.79 Å². The highest BCUT2D eigenvalue weighted by molar-refractivity contribution is 5.84. The van der Waals surface area contributed by atoms with E-state index < -0.39 is 0 Å². The third-order valence-corrected chi connectivity index (χ3v) is 3.88. The average molecular weight is 377 g/mol. The first-order valence-corrected chi connectivity index (χ1v) is 9.98. The van der Waals surface area contributed by atoms with E-state index in [1.54, 1.807) is 0 Å². The van der Waals surface area contributed by atoms with Crippen molar-refractivity contribution in [2.45, 2.75) is 40.7 Å². The molecule has 152 valence electrons. The highest BCUT2D eigenvalue weighted by Gasteiger charge is 2.12. The maximum Gasteiger partial charge on any atom is 0.244 e. The predicted molar refractivity (Wildman–Crippen MR) is 112 cm³/mol. The quantitative estimate of drug-likeness (QED) is 0.334. The molecule has 0 bridgehead atoms. The highest BCUT2D eigenvalue weighted by atomic mass is 16.5. The van der Waals surface area contributed by atoms with Crippen LogP contribution >= 0.6 is 0 Å². The summed E-state index contributed by atoms with van der Waals surface area (Å²) in [6.45, 7) is 12.7. The molecule has 0 spiro atoms.